The predicted octanol–water partition coefficient (Wildman–Crippen LogP) is 6.34. The predicted molar refractivity (Wildman–Crippen MR) is 146 cm³/mol. The van der Waals surface area contributed by atoms with Crippen LogP contribution in [0.25, 0.3) is 22.5 Å². The van der Waals surface area contributed by atoms with E-state index in [1.165, 1.54) is 30.2 Å². The number of nitrogens with zero attached hydrogens (tertiary/aromatic N) is 3. The van der Waals surface area contributed by atoms with Gasteiger partial charge in [0.25, 0.3) is 0 Å². The Kier molecular flexibility index (Phi) is 8.25. The van der Waals surface area contributed by atoms with Gasteiger partial charge in [0.1, 0.15) is 10.6 Å². The Balaban J connectivity index is 1.52. The molecular weight excluding hydrogens is 516 g/mol. The summed E-state index contributed by atoms with van der Waals surface area (Å²) in [6.45, 7) is 6.29. The van der Waals surface area contributed by atoms with Gasteiger partial charge in [-0.15, -0.1) is 28.1 Å². The van der Waals surface area contributed by atoms with Gasteiger partial charge in [0.15, 0.2) is 11.0 Å². The van der Waals surface area contributed by atoms with E-state index in [0.717, 1.165) is 16.7 Å². The highest BCUT2D eigenvalue weighted by Crippen LogP contribution is 2.36. The summed E-state index contributed by atoms with van der Waals surface area (Å²) in [4.78, 5) is 25.4. The number of rotatable bonds is 9. The second kappa shape index (κ2) is 11.6. The summed E-state index contributed by atoms with van der Waals surface area (Å²) >= 11 is 8.54. The number of thiophene rings is 1. The lowest BCUT2D eigenvalue weighted by atomic mass is 10.0. The zero-order valence-electron chi connectivity index (χ0n) is 19.7. The van der Waals surface area contributed by atoms with E-state index < -0.39 is 5.97 Å². The van der Waals surface area contributed by atoms with Crippen LogP contribution in [0.5, 0.6) is 0 Å². The molecule has 0 aliphatic heterocycles. The van der Waals surface area contributed by atoms with Gasteiger partial charge in [-0.25, -0.2) is 4.79 Å². The number of carbonyl (C=O) groups excluding carboxylic acids is 2. The van der Waals surface area contributed by atoms with Gasteiger partial charge in [0.05, 0.1) is 12.9 Å². The van der Waals surface area contributed by atoms with Crippen molar-refractivity contribution in [2.75, 3.05) is 18.2 Å². The standard InChI is InChI=1S/C26H23ClN4O3S2/c1-4-13-31-23(18-9-11-19(27)12-10-18)29-30-26(31)36-15-21(32)28-24-22(25(33)34-3)20(14-35-24)17-7-5-16(2)6-8-17/h4-12,14H,1,13,15H2,2-3H3,(H,28,32). The van der Waals surface area contributed by atoms with Gasteiger partial charge in [-0.1, -0.05) is 59.3 Å². The maximum Gasteiger partial charge on any atom is 0.341 e. The maximum atomic E-state index is 12.9. The molecule has 4 rings (SSSR count). The summed E-state index contributed by atoms with van der Waals surface area (Å²) in [7, 11) is 1.32. The van der Waals surface area contributed by atoms with Crippen molar-refractivity contribution in [3.8, 4) is 22.5 Å². The number of anilines is 1. The summed E-state index contributed by atoms with van der Waals surface area (Å²) < 4.78 is 6.88. The lowest BCUT2D eigenvalue weighted by molar-refractivity contribution is -0.113. The Morgan fingerprint density at radius 2 is 1.83 bits per heavy atom. The molecule has 2 aromatic heterocycles. The van der Waals surface area contributed by atoms with Crippen LogP contribution in [0, 0.1) is 6.92 Å². The number of thioether (sulfide) groups is 1. The first-order valence-corrected chi connectivity index (χ1v) is 13.1. The number of halogens is 1. The first-order valence-electron chi connectivity index (χ1n) is 10.9. The minimum atomic E-state index is -0.506. The summed E-state index contributed by atoms with van der Waals surface area (Å²) in [6, 6.07) is 15.1. The molecule has 0 fully saturated rings. The van der Waals surface area contributed by atoms with Crippen LogP contribution in [0.2, 0.25) is 5.02 Å². The Morgan fingerprint density at radius 1 is 1.14 bits per heavy atom. The van der Waals surface area contributed by atoms with Crippen molar-refractivity contribution in [2.24, 2.45) is 0 Å². The maximum absolute atomic E-state index is 12.9. The number of esters is 1. The molecule has 0 unspecified atom stereocenters. The fourth-order valence-corrected chi connectivity index (χ4v) is 5.34. The topological polar surface area (TPSA) is 86.1 Å². The highest BCUT2D eigenvalue weighted by molar-refractivity contribution is 7.99. The van der Waals surface area contributed by atoms with Gasteiger partial charge in [0.2, 0.25) is 5.91 Å². The van der Waals surface area contributed by atoms with Gasteiger partial charge in [-0.2, -0.15) is 0 Å². The number of hydrogen-bond donors (Lipinski definition) is 1. The molecule has 10 heteroatoms. The molecule has 2 heterocycles. The summed E-state index contributed by atoms with van der Waals surface area (Å²) in [5.41, 5.74) is 3.90. The number of allylic oxidation sites excluding steroid dienone is 1. The van der Waals surface area contributed by atoms with Crippen molar-refractivity contribution in [2.45, 2.75) is 18.6 Å². The quantitative estimate of drug-likeness (QED) is 0.152. The zero-order valence-corrected chi connectivity index (χ0v) is 22.0. The number of methoxy groups -OCH3 is 1. The van der Waals surface area contributed by atoms with Gasteiger partial charge in [-0.3, -0.25) is 9.36 Å². The van der Waals surface area contributed by atoms with Crippen molar-refractivity contribution in [3.63, 3.8) is 0 Å². The third-order valence-corrected chi connectivity index (χ3v) is 7.37. The minimum absolute atomic E-state index is 0.0777. The van der Waals surface area contributed by atoms with Gasteiger partial charge < -0.3 is 10.1 Å². The van der Waals surface area contributed by atoms with Crippen molar-refractivity contribution in [1.29, 1.82) is 0 Å². The van der Waals surface area contributed by atoms with Gasteiger partial charge in [0, 0.05) is 28.1 Å². The van der Waals surface area contributed by atoms with E-state index >= 15 is 0 Å². The molecule has 0 saturated carbocycles. The molecule has 0 aliphatic rings. The summed E-state index contributed by atoms with van der Waals surface area (Å²) in [6.07, 6.45) is 1.74. The summed E-state index contributed by atoms with van der Waals surface area (Å²) in [5, 5.41) is 14.9. The molecule has 0 aliphatic carbocycles. The number of benzene rings is 2. The van der Waals surface area contributed by atoms with Crippen LogP contribution in [0.3, 0.4) is 0 Å². The number of aryl methyl sites for hydroxylation is 1. The van der Waals surface area contributed by atoms with Crippen molar-refractivity contribution < 1.29 is 14.3 Å². The molecule has 0 bridgehead atoms. The van der Waals surface area contributed by atoms with E-state index in [1.807, 2.05) is 53.3 Å². The number of hydrogen-bond acceptors (Lipinski definition) is 7. The Hall–Kier alpha value is -3.40. The van der Waals surface area contributed by atoms with E-state index in [0.29, 0.717) is 38.7 Å². The third kappa shape index (κ3) is 5.70. The molecule has 1 N–H and O–H groups in total. The van der Waals surface area contributed by atoms with Crippen LogP contribution in [-0.4, -0.2) is 39.5 Å². The highest BCUT2D eigenvalue weighted by Gasteiger charge is 2.23. The fraction of sp³-hybridized carbons (Fsp3) is 0.154. The lowest BCUT2D eigenvalue weighted by Gasteiger charge is -2.09. The second-order valence-electron chi connectivity index (χ2n) is 7.76. The fourth-order valence-electron chi connectivity index (χ4n) is 3.49. The average molecular weight is 539 g/mol. The van der Waals surface area contributed by atoms with Crippen LogP contribution in [0.1, 0.15) is 15.9 Å². The molecular formula is C26H23ClN4O3S2. The van der Waals surface area contributed by atoms with Crippen LogP contribution in [0.4, 0.5) is 5.00 Å². The molecule has 4 aromatic rings. The number of ether oxygens (including phenoxy) is 1. The largest absolute Gasteiger partial charge is 0.465 e. The molecule has 2 aromatic carbocycles. The molecule has 0 radical (unpaired) electrons. The normalized spacial score (nSPS) is 10.8. The smallest absolute Gasteiger partial charge is 0.341 e. The van der Waals surface area contributed by atoms with Crippen LogP contribution >= 0.6 is 34.7 Å². The molecule has 1 amide bonds. The Morgan fingerprint density at radius 3 is 2.50 bits per heavy atom. The van der Waals surface area contributed by atoms with E-state index in [4.69, 9.17) is 16.3 Å². The van der Waals surface area contributed by atoms with Crippen LogP contribution < -0.4 is 5.32 Å². The van der Waals surface area contributed by atoms with Crippen molar-refractivity contribution in [1.82, 2.24) is 14.8 Å². The second-order valence-corrected chi connectivity index (χ2v) is 10.0. The zero-order chi connectivity index (χ0) is 25.7. The number of amides is 1. The first-order chi connectivity index (χ1) is 17.4. The van der Waals surface area contributed by atoms with E-state index in [-0.39, 0.29) is 11.7 Å². The van der Waals surface area contributed by atoms with Crippen LogP contribution in [0.15, 0.2) is 71.7 Å². The molecule has 0 spiro atoms. The van der Waals surface area contributed by atoms with E-state index in [2.05, 4.69) is 22.1 Å². The molecule has 0 saturated heterocycles. The van der Waals surface area contributed by atoms with E-state index in [9.17, 15) is 9.59 Å². The first kappa shape index (κ1) is 25.7. The number of aromatic nitrogens is 3. The Labute approximate surface area is 222 Å². The third-order valence-electron chi connectivity index (χ3n) is 5.26. The monoisotopic (exact) mass is 538 g/mol. The van der Waals surface area contributed by atoms with Crippen molar-refractivity contribution in [3.05, 3.63) is 82.7 Å². The van der Waals surface area contributed by atoms with Gasteiger partial charge >= 0.3 is 5.97 Å². The average Bonchev–Trinajstić information content (AvgIpc) is 3.48. The van der Waals surface area contributed by atoms with Crippen molar-refractivity contribution >= 4 is 51.6 Å². The minimum Gasteiger partial charge on any atom is -0.465 e. The number of carbonyl (C=O) groups is 2. The van der Waals surface area contributed by atoms with E-state index in [1.54, 1.807) is 18.2 Å². The SMILES string of the molecule is C=CCn1c(SCC(=O)Nc2scc(-c3ccc(C)cc3)c2C(=O)OC)nnc1-c1ccc(Cl)cc1. The molecule has 184 valence electrons. The van der Waals surface area contributed by atoms with Gasteiger partial charge in [-0.05, 0) is 36.8 Å². The Bertz CT molecular complexity index is 1400. The molecule has 0 atom stereocenters. The number of nitrogens with one attached hydrogen (secondary N) is 1. The van der Waals surface area contributed by atoms with Crippen LogP contribution in [-0.2, 0) is 16.1 Å². The molecule has 7 nitrogen and oxygen atoms in total. The highest BCUT2D eigenvalue weighted by atomic mass is 35.5. The molecule has 36 heavy (non-hydrogen) atoms. The lowest BCUT2D eigenvalue weighted by Crippen LogP contribution is -2.16. The summed E-state index contributed by atoms with van der Waals surface area (Å²) in [5.74, 6) is -0.0472.